The summed E-state index contributed by atoms with van der Waals surface area (Å²) < 4.78 is 29.2. The van der Waals surface area contributed by atoms with Crippen LogP contribution >= 0.6 is 0 Å². The van der Waals surface area contributed by atoms with Crippen molar-refractivity contribution in [2.75, 3.05) is 9.80 Å². The Morgan fingerprint density at radius 1 is 0.735 bits per heavy atom. The fourth-order valence-corrected chi connectivity index (χ4v) is 6.30. The number of aromatic nitrogens is 3. The van der Waals surface area contributed by atoms with Gasteiger partial charge in [-0.2, -0.15) is 6.07 Å². The van der Waals surface area contributed by atoms with Crippen LogP contribution in [0.4, 0.5) is 27.1 Å². The minimum absolute atomic E-state index is 0. The van der Waals surface area contributed by atoms with Gasteiger partial charge in [0.05, 0.1) is 6.20 Å². The summed E-state index contributed by atoms with van der Waals surface area (Å²) in [5, 5.41) is 6.06. The molecule has 1 aliphatic heterocycles. The quantitative estimate of drug-likeness (QED) is 0.156. The molecule has 9 rings (SSSR count). The van der Waals surface area contributed by atoms with E-state index in [0.29, 0.717) is 28.6 Å². The third-order valence-corrected chi connectivity index (χ3v) is 8.46. The van der Waals surface area contributed by atoms with Crippen molar-refractivity contribution in [3.05, 3.63) is 158 Å². The SMILES string of the molecule is Cc1ccnc(-n2c3[c-]c(Oc4[c-]c(N5[CH-]N(c6ccccc6F)c6ccccc65)cc(-c5ccno5)c4)ccc3c3ccccc32)c1.[Pt]. The van der Waals surface area contributed by atoms with Gasteiger partial charge in [0.15, 0.2) is 0 Å². The molecule has 0 saturated heterocycles. The van der Waals surface area contributed by atoms with Gasteiger partial charge in [-0.15, -0.1) is 48.1 Å². The molecule has 49 heavy (non-hydrogen) atoms. The van der Waals surface area contributed by atoms with Crippen molar-refractivity contribution in [1.82, 2.24) is 14.7 Å². The fraction of sp³-hybridized carbons (Fsp3) is 0.0250. The van der Waals surface area contributed by atoms with Crippen molar-refractivity contribution in [3.63, 3.8) is 0 Å². The Hall–Kier alpha value is -5.72. The van der Waals surface area contributed by atoms with Gasteiger partial charge in [-0.1, -0.05) is 58.7 Å². The Bertz CT molecular complexity index is 2480. The molecule has 0 spiro atoms. The Morgan fingerprint density at radius 3 is 2.31 bits per heavy atom. The second-order valence-electron chi connectivity index (χ2n) is 11.5. The number of pyridine rings is 1. The zero-order valence-electron chi connectivity index (χ0n) is 25.9. The number of anilines is 4. The number of fused-ring (bicyclic) bond motifs is 4. The van der Waals surface area contributed by atoms with Gasteiger partial charge in [0.1, 0.15) is 17.4 Å². The van der Waals surface area contributed by atoms with Crippen molar-refractivity contribution >= 4 is 44.6 Å². The maximum absolute atomic E-state index is 15.0. The topological polar surface area (TPSA) is 59.6 Å². The number of hydrogen-bond donors (Lipinski definition) is 0. The third-order valence-electron chi connectivity index (χ3n) is 8.46. The molecular formula is C40H25FN5O2Pt-3. The molecule has 0 N–H and O–H groups in total. The van der Waals surface area contributed by atoms with Gasteiger partial charge in [0, 0.05) is 67.4 Å². The summed E-state index contributed by atoms with van der Waals surface area (Å²) in [7, 11) is 0. The van der Waals surface area contributed by atoms with Crippen LogP contribution in [-0.2, 0) is 21.1 Å². The van der Waals surface area contributed by atoms with Crippen LogP contribution in [0.3, 0.4) is 0 Å². The van der Waals surface area contributed by atoms with Crippen LogP contribution in [0.5, 0.6) is 11.5 Å². The second-order valence-corrected chi connectivity index (χ2v) is 11.5. The molecule has 5 aromatic carbocycles. The summed E-state index contributed by atoms with van der Waals surface area (Å²) in [4.78, 5) is 8.48. The normalized spacial score (nSPS) is 12.4. The number of rotatable bonds is 6. The van der Waals surface area contributed by atoms with Crippen LogP contribution in [0.25, 0.3) is 38.9 Å². The monoisotopic (exact) mass is 821 g/mol. The average Bonchev–Trinajstić information content (AvgIpc) is 3.85. The summed E-state index contributed by atoms with van der Waals surface area (Å²) >= 11 is 0. The maximum atomic E-state index is 15.0. The molecule has 0 unspecified atom stereocenters. The third kappa shape index (κ3) is 5.35. The summed E-state index contributed by atoms with van der Waals surface area (Å²) in [6, 6.07) is 43.4. The number of aryl methyl sites for hydroxylation is 1. The first kappa shape index (κ1) is 30.6. The first-order valence-corrected chi connectivity index (χ1v) is 15.4. The first-order chi connectivity index (χ1) is 23.6. The molecule has 0 bridgehead atoms. The molecule has 7 nitrogen and oxygen atoms in total. The molecular weight excluding hydrogens is 797 g/mol. The van der Waals surface area contributed by atoms with Crippen LogP contribution in [0.15, 0.2) is 132 Å². The standard InChI is InChI=1S/C40H25FN5O2.Pt/c1-26-16-18-42-40(20-26)46-34-10-4-2-8-31(34)32-15-14-29(24-38(32)46)47-30-22-27(39-17-19-43-48-39)21-28(23-30)44-25-45(35-11-5-3-9-33(35)41)37-13-7-6-12-36(37)44;/h2-22,25H,1H3;/q-3;. The van der Waals surface area contributed by atoms with Crippen LogP contribution in [0.2, 0.25) is 0 Å². The molecule has 0 atom stereocenters. The molecule has 1 aliphatic rings. The van der Waals surface area contributed by atoms with Gasteiger partial charge >= 0.3 is 0 Å². The number of halogens is 1. The molecule has 0 saturated carbocycles. The van der Waals surface area contributed by atoms with Gasteiger partial charge in [-0.25, -0.2) is 9.37 Å². The van der Waals surface area contributed by atoms with Crippen LogP contribution in [0, 0.1) is 31.5 Å². The molecule has 3 aromatic heterocycles. The van der Waals surface area contributed by atoms with Crippen molar-refractivity contribution in [2.24, 2.45) is 0 Å². The minimum Gasteiger partial charge on any atom is -0.509 e. The molecule has 4 heterocycles. The zero-order chi connectivity index (χ0) is 32.2. The number of para-hydroxylation sites is 4. The Morgan fingerprint density at radius 2 is 1.51 bits per heavy atom. The average molecular weight is 822 g/mol. The summed E-state index contributed by atoms with van der Waals surface area (Å²) in [5.74, 6) is 2.01. The zero-order valence-corrected chi connectivity index (χ0v) is 28.2. The number of nitrogens with zero attached hydrogens (tertiary/aromatic N) is 5. The number of ether oxygens (including phenoxy) is 1. The van der Waals surface area contributed by atoms with Gasteiger partial charge in [0.25, 0.3) is 0 Å². The Labute approximate surface area is 296 Å². The van der Waals surface area contributed by atoms with E-state index in [-0.39, 0.29) is 26.9 Å². The molecule has 0 fully saturated rings. The fourth-order valence-electron chi connectivity index (χ4n) is 6.30. The summed E-state index contributed by atoms with van der Waals surface area (Å²) in [6.07, 6.45) is 3.42. The first-order valence-electron chi connectivity index (χ1n) is 15.4. The van der Waals surface area contributed by atoms with E-state index < -0.39 is 0 Å². The van der Waals surface area contributed by atoms with Crippen LogP contribution in [0.1, 0.15) is 5.56 Å². The van der Waals surface area contributed by atoms with E-state index in [9.17, 15) is 0 Å². The molecule has 8 aromatic rings. The maximum Gasteiger partial charge on any atom is 0.144 e. The number of benzene rings is 5. The minimum atomic E-state index is -0.321. The van der Waals surface area contributed by atoms with E-state index >= 15 is 4.39 Å². The Balaban J connectivity index is 0.00000348. The number of hydrogen-bond acceptors (Lipinski definition) is 6. The van der Waals surface area contributed by atoms with E-state index in [1.807, 2.05) is 95.5 Å². The van der Waals surface area contributed by atoms with Gasteiger partial charge in [-0.05, 0) is 60.3 Å². The molecule has 0 amide bonds. The van der Waals surface area contributed by atoms with E-state index in [1.165, 1.54) is 6.07 Å². The van der Waals surface area contributed by atoms with Gasteiger partial charge in [-0.3, -0.25) is 0 Å². The smallest absolute Gasteiger partial charge is 0.144 e. The second kappa shape index (κ2) is 12.4. The van der Waals surface area contributed by atoms with Crippen LogP contribution in [-0.4, -0.2) is 14.7 Å². The van der Waals surface area contributed by atoms with Crippen LogP contribution < -0.4 is 14.5 Å². The van der Waals surface area contributed by atoms with Crippen molar-refractivity contribution in [2.45, 2.75) is 6.92 Å². The predicted molar refractivity (Wildman–Crippen MR) is 184 cm³/mol. The van der Waals surface area contributed by atoms with E-state index in [1.54, 1.807) is 24.4 Å². The van der Waals surface area contributed by atoms with E-state index in [4.69, 9.17) is 9.26 Å². The molecule has 0 aliphatic carbocycles. The van der Waals surface area contributed by atoms with E-state index in [0.717, 1.165) is 50.1 Å². The van der Waals surface area contributed by atoms with Crippen molar-refractivity contribution in [1.29, 1.82) is 0 Å². The van der Waals surface area contributed by atoms with Gasteiger partial charge < -0.3 is 23.6 Å². The van der Waals surface area contributed by atoms with E-state index in [2.05, 4.69) is 52.0 Å². The summed E-state index contributed by atoms with van der Waals surface area (Å²) in [5.41, 5.74) is 6.54. The molecule has 242 valence electrons. The molecule has 9 heteroatoms. The largest absolute Gasteiger partial charge is 0.509 e. The Kier molecular flexibility index (Phi) is 7.73. The summed E-state index contributed by atoms with van der Waals surface area (Å²) in [6.45, 7) is 3.91. The van der Waals surface area contributed by atoms with Gasteiger partial charge in [0.2, 0.25) is 0 Å². The molecule has 0 radical (unpaired) electrons. The van der Waals surface area contributed by atoms with Crippen molar-refractivity contribution < 1.29 is 34.7 Å². The predicted octanol–water partition coefficient (Wildman–Crippen LogP) is 10.1. The van der Waals surface area contributed by atoms with Crippen molar-refractivity contribution in [3.8, 4) is 28.6 Å².